The Labute approximate surface area is 124 Å². The fourth-order valence-electron chi connectivity index (χ4n) is 2.63. The van der Waals surface area contributed by atoms with Gasteiger partial charge in [0.25, 0.3) is 0 Å². The second-order valence-electron chi connectivity index (χ2n) is 6.48. The molecule has 0 radical (unpaired) electrons. The standard InChI is InChI=1S/C15H22FN3O2/c1-15(2,3)18-8-6-17(7-9-18)11-12-4-5-14(19(20)21)13(16)10-12/h4-5,10H,6-9,11H2,1-3H3. The first-order valence-corrected chi connectivity index (χ1v) is 7.17. The maximum atomic E-state index is 13.6. The number of hydrogen-bond donors (Lipinski definition) is 0. The highest BCUT2D eigenvalue weighted by Gasteiger charge is 2.26. The van der Waals surface area contributed by atoms with Crippen molar-refractivity contribution in [1.29, 1.82) is 0 Å². The van der Waals surface area contributed by atoms with Crippen molar-refractivity contribution < 1.29 is 9.31 Å². The van der Waals surface area contributed by atoms with Crippen LogP contribution in [0.1, 0.15) is 26.3 Å². The van der Waals surface area contributed by atoms with E-state index in [1.807, 2.05) is 0 Å². The first-order chi connectivity index (χ1) is 9.77. The zero-order valence-corrected chi connectivity index (χ0v) is 12.8. The van der Waals surface area contributed by atoms with E-state index >= 15 is 0 Å². The molecule has 0 amide bonds. The first kappa shape index (κ1) is 15.9. The Bertz CT molecular complexity index is 520. The number of piperazine rings is 1. The van der Waals surface area contributed by atoms with E-state index in [1.165, 1.54) is 12.1 Å². The second-order valence-corrected chi connectivity index (χ2v) is 6.48. The van der Waals surface area contributed by atoms with Crippen LogP contribution in [-0.4, -0.2) is 46.4 Å². The quantitative estimate of drug-likeness (QED) is 0.635. The molecule has 1 aliphatic heterocycles. The van der Waals surface area contributed by atoms with E-state index in [0.29, 0.717) is 6.54 Å². The molecule has 1 aliphatic rings. The first-order valence-electron chi connectivity index (χ1n) is 7.17. The lowest BCUT2D eigenvalue weighted by Crippen LogP contribution is -2.53. The lowest BCUT2D eigenvalue weighted by Gasteiger charge is -2.42. The fraction of sp³-hybridized carbons (Fsp3) is 0.600. The summed E-state index contributed by atoms with van der Waals surface area (Å²) in [5.74, 6) is -0.758. The normalized spacial score (nSPS) is 17.9. The maximum Gasteiger partial charge on any atom is 0.304 e. The smallest absolute Gasteiger partial charge is 0.297 e. The summed E-state index contributed by atoms with van der Waals surface area (Å²) in [5.41, 5.74) is 0.490. The van der Waals surface area contributed by atoms with Crippen molar-refractivity contribution in [3.8, 4) is 0 Å². The maximum absolute atomic E-state index is 13.6. The summed E-state index contributed by atoms with van der Waals surface area (Å²) in [6.07, 6.45) is 0. The molecule has 1 heterocycles. The lowest BCUT2D eigenvalue weighted by molar-refractivity contribution is -0.387. The largest absolute Gasteiger partial charge is 0.304 e. The van der Waals surface area contributed by atoms with Gasteiger partial charge in [-0.3, -0.25) is 19.9 Å². The van der Waals surface area contributed by atoms with Gasteiger partial charge in [-0.25, -0.2) is 0 Å². The Balaban J connectivity index is 1.95. The molecule has 0 atom stereocenters. The Morgan fingerprint density at radius 3 is 2.33 bits per heavy atom. The van der Waals surface area contributed by atoms with Crippen LogP contribution in [0.3, 0.4) is 0 Å². The minimum atomic E-state index is -0.758. The molecule has 0 aliphatic carbocycles. The molecule has 1 aromatic rings. The van der Waals surface area contributed by atoms with Crippen molar-refractivity contribution in [2.75, 3.05) is 26.2 Å². The third-order valence-electron chi connectivity index (χ3n) is 3.94. The number of hydrogen-bond acceptors (Lipinski definition) is 4. The zero-order chi connectivity index (χ0) is 15.6. The van der Waals surface area contributed by atoms with Crippen molar-refractivity contribution in [3.05, 3.63) is 39.7 Å². The molecule has 5 nitrogen and oxygen atoms in total. The van der Waals surface area contributed by atoms with E-state index in [0.717, 1.165) is 31.7 Å². The summed E-state index contributed by atoms with van der Waals surface area (Å²) < 4.78 is 13.6. The van der Waals surface area contributed by atoms with Gasteiger partial charge in [0.05, 0.1) is 4.92 Å². The average Bonchev–Trinajstić information content (AvgIpc) is 2.38. The number of nitro groups is 1. The summed E-state index contributed by atoms with van der Waals surface area (Å²) in [7, 11) is 0. The number of nitro benzene ring substituents is 1. The van der Waals surface area contributed by atoms with E-state index in [2.05, 4.69) is 30.6 Å². The SMILES string of the molecule is CC(C)(C)N1CCN(Cc2ccc([N+](=O)[O-])c(F)c2)CC1. The number of halogens is 1. The molecule has 2 rings (SSSR count). The average molecular weight is 295 g/mol. The van der Waals surface area contributed by atoms with Crippen LogP contribution in [-0.2, 0) is 6.54 Å². The minimum absolute atomic E-state index is 0.172. The van der Waals surface area contributed by atoms with Crippen molar-refractivity contribution >= 4 is 5.69 Å². The van der Waals surface area contributed by atoms with Gasteiger partial charge in [-0.2, -0.15) is 4.39 Å². The number of rotatable bonds is 3. The van der Waals surface area contributed by atoms with E-state index in [-0.39, 0.29) is 5.54 Å². The molecule has 1 aromatic carbocycles. The summed E-state index contributed by atoms with van der Waals surface area (Å²) >= 11 is 0. The number of nitrogens with zero attached hydrogens (tertiary/aromatic N) is 3. The molecule has 0 N–H and O–H groups in total. The van der Waals surface area contributed by atoms with Crippen LogP contribution >= 0.6 is 0 Å². The van der Waals surface area contributed by atoms with Crippen molar-refractivity contribution in [2.45, 2.75) is 32.9 Å². The molecule has 1 saturated heterocycles. The van der Waals surface area contributed by atoms with Crippen molar-refractivity contribution in [3.63, 3.8) is 0 Å². The van der Waals surface area contributed by atoms with Crippen LogP contribution in [0.5, 0.6) is 0 Å². The molecule has 116 valence electrons. The fourth-order valence-corrected chi connectivity index (χ4v) is 2.63. The molecule has 0 aromatic heterocycles. The highest BCUT2D eigenvalue weighted by molar-refractivity contribution is 5.35. The molecule has 0 saturated carbocycles. The van der Waals surface area contributed by atoms with Crippen LogP contribution < -0.4 is 0 Å². The van der Waals surface area contributed by atoms with Gasteiger partial charge >= 0.3 is 5.69 Å². The van der Waals surface area contributed by atoms with Crippen LogP contribution in [0, 0.1) is 15.9 Å². The predicted molar refractivity (Wildman–Crippen MR) is 79.7 cm³/mol. The lowest BCUT2D eigenvalue weighted by atomic mass is 10.0. The van der Waals surface area contributed by atoms with Gasteiger partial charge in [0.15, 0.2) is 0 Å². The van der Waals surface area contributed by atoms with E-state index in [1.54, 1.807) is 6.07 Å². The molecule has 1 fully saturated rings. The van der Waals surface area contributed by atoms with Gasteiger partial charge in [0, 0.05) is 44.3 Å². The van der Waals surface area contributed by atoms with Gasteiger partial charge in [0.1, 0.15) is 0 Å². The molecular weight excluding hydrogens is 273 g/mol. The summed E-state index contributed by atoms with van der Waals surface area (Å²) in [4.78, 5) is 14.6. The Morgan fingerprint density at radius 1 is 1.24 bits per heavy atom. The van der Waals surface area contributed by atoms with Crippen LogP contribution in [0.15, 0.2) is 18.2 Å². The number of benzene rings is 1. The Morgan fingerprint density at radius 2 is 1.86 bits per heavy atom. The Hall–Kier alpha value is -1.53. The van der Waals surface area contributed by atoms with Crippen LogP contribution in [0.2, 0.25) is 0 Å². The summed E-state index contributed by atoms with van der Waals surface area (Å²) in [6, 6.07) is 4.15. The topological polar surface area (TPSA) is 49.6 Å². The monoisotopic (exact) mass is 295 g/mol. The van der Waals surface area contributed by atoms with Gasteiger partial charge in [-0.1, -0.05) is 6.07 Å². The van der Waals surface area contributed by atoms with Crippen molar-refractivity contribution in [2.24, 2.45) is 0 Å². The zero-order valence-electron chi connectivity index (χ0n) is 12.8. The predicted octanol–water partition coefficient (Wildman–Crippen LogP) is 2.65. The van der Waals surface area contributed by atoms with E-state index < -0.39 is 16.4 Å². The molecule has 21 heavy (non-hydrogen) atoms. The summed E-state index contributed by atoms with van der Waals surface area (Å²) in [5, 5.41) is 10.6. The molecular formula is C15H22FN3O2. The third-order valence-corrected chi connectivity index (χ3v) is 3.94. The molecule has 0 spiro atoms. The molecule has 0 bridgehead atoms. The van der Waals surface area contributed by atoms with Crippen molar-refractivity contribution in [1.82, 2.24) is 9.80 Å². The van der Waals surface area contributed by atoms with Gasteiger partial charge < -0.3 is 0 Å². The highest BCUT2D eigenvalue weighted by atomic mass is 19.1. The Kier molecular flexibility index (Phi) is 4.58. The molecule has 0 unspecified atom stereocenters. The van der Waals surface area contributed by atoms with Crippen LogP contribution in [0.4, 0.5) is 10.1 Å². The van der Waals surface area contributed by atoms with Crippen LogP contribution in [0.25, 0.3) is 0 Å². The summed E-state index contributed by atoms with van der Waals surface area (Å²) in [6.45, 7) is 11.1. The van der Waals surface area contributed by atoms with Gasteiger partial charge in [0.2, 0.25) is 5.82 Å². The van der Waals surface area contributed by atoms with Gasteiger partial charge in [-0.15, -0.1) is 0 Å². The molecule has 6 heteroatoms. The van der Waals surface area contributed by atoms with Gasteiger partial charge in [-0.05, 0) is 32.4 Å². The van der Waals surface area contributed by atoms with E-state index in [4.69, 9.17) is 0 Å². The minimum Gasteiger partial charge on any atom is -0.297 e. The second kappa shape index (κ2) is 6.07. The third kappa shape index (κ3) is 3.98. The highest BCUT2D eigenvalue weighted by Crippen LogP contribution is 2.20. The van der Waals surface area contributed by atoms with E-state index in [9.17, 15) is 14.5 Å².